The Morgan fingerprint density at radius 3 is 2.25 bits per heavy atom. The third kappa shape index (κ3) is 5.95. The number of hydrogen-bond donors (Lipinski definition) is 0. The molecule has 0 aromatic rings. The lowest BCUT2D eigenvalue weighted by Crippen LogP contribution is -1.89. The van der Waals surface area contributed by atoms with Gasteiger partial charge in [-0.3, -0.25) is 0 Å². The second kappa shape index (κ2) is 12.3. The maximum atomic E-state index is 3.74. The molecule has 0 heterocycles. The summed E-state index contributed by atoms with van der Waals surface area (Å²) < 4.78 is 0. The predicted molar refractivity (Wildman–Crippen MR) is 77.7 cm³/mol. The van der Waals surface area contributed by atoms with Crippen molar-refractivity contribution in [3.05, 3.63) is 36.0 Å². The van der Waals surface area contributed by atoms with Gasteiger partial charge in [0.05, 0.1) is 0 Å². The molecule has 0 bridgehead atoms. The van der Waals surface area contributed by atoms with Gasteiger partial charge in [0.25, 0.3) is 0 Å². The largest absolute Gasteiger partial charge is 0.0991 e. The van der Waals surface area contributed by atoms with E-state index in [1.807, 2.05) is 33.8 Å². The van der Waals surface area contributed by atoms with Gasteiger partial charge in [-0.05, 0) is 36.3 Å². The van der Waals surface area contributed by atoms with Gasteiger partial charge in [0.2, 0.25) is 0 Å². The quantitative estimate of drug-likeness (QED) is 0.544. The normalized spacial score (nSPS) is 23.2. The number of rotatable bonds is 2. The molecule has 94 valence electrons. The minimum Gasteiger partial charge on any atom is -0.0991 e. The van der Waals surface area contributed by atoms with Gasteiger partial charge in [-0.1, -0.05) is 66.3 Å². The Hall–Kier alpha value is -0.780. The molecule has 16 heavy (non-hydrogen) atoms. The lowest BCUT2D eigenvalue weighted by molar-refractivity contribution is 0.695. The Balaban J connectivity index is 0. The molecule has 1 fully saturated rings. The summed E-state index contributed by atoms with van der Waals surface area (Å²) in [7, 11) is 0. The van der Waals surface area contributed by atoms with Crippen molar-refractivity contribution in [2.45, 2.75) is 60.8 Å². The van der Waals surface area contributed by atoms with Gasteiger partial charge in [0.15, 0.2) is 0 Å². The lowest BCUT2D eigenvalue weighted by atomic mass is 10.0. The molecule has 0 saturated heterocycles. The second-order valence-electron chi connectivity index (χ2n) is 3.44. The molecule has 1 unspecified atom stereocenters. The van der Waals surface area contributed by atoms with E-state index in [-0.39, 0.29) is 0 Å². The zero-order valence-electron chi connectivity index (χ0n) is 12.1. The Bertz CT molecular complexity index is 218. The Kier molecular flexibility index (Phi) is 13.5. The van der Waals surface area contributed by atoms with Crippen LogP contribution in [0.5, 0.6) is 0 Å². The topological polar surface area (TPSA) is 0 Å². The molecule has 0 N–H and O–H groups in total. The average Bonchev–Trinajstić information content (AvgIpc) is 2.68. The molecule has 0 radical (unpaired) electrons. The molecule has 0 nitrogen and oxygen atoms in total. The van der Waals surface area contributed by atoms with Crippen molar-refractivity contribution >= 4 is 0 Å². The van der Waals surface area contributed by atoms with Gasteiger partial charge in [-0.2, -0.15) is 0 Å². The summed E-state index contributed by atoms with van der Waals surface area (Å²) in [6.07, 6.45) is 10.1. The lowest BCUT2D eigenvalue weighted by Gasteiger charge is -2.04. The minimum absolute atomic E-state index is 0.760. The predicted octanol–water partition coefficient (Wildman–Crippen LogP) is 5.92. The van der Waals surface area contributed by atoms with Crippen LogP contribution in [0.2, 0.25) is 0 Å². The molecule has 1 aliphatic carbocycles. The maximum Gasteiger partial charge on any atom is -0.0188 e. The van der Waals surface area contributed by atoms with Crippen molar-refractivity contribution in [2.24, 2.45) is 5.92 Å². The Labute approximate surface area is 103 Å². The number of hydrogen-bond acceptors (Lipinski definition) is 0. The molecular weight excluding hydrogens is 192 g/mol. The van der Waals surface area contributed by atoms with E-state index in [1.165, 1.54) is 18.4 Å². The summed E-state index contributed by atoms with van der Waals surface area (Å²) in [5, 5.41) is 0. The van der Waals surface area contributed by atoms with Crippen molar-refractivity contribution in [2.75, 3.05) is 0 Å². The van der Waals surface area contributed by atoms with Crippen LogP contribution in [-0.4, -0.2) is 0 Å². The molecule has 1 aliphatic rings. The molecule has 1 rings (SSSR count). The Morgan fingerprint density at radius 2 is 1.81 bits per heavy atom. The summed E-state index contributed by atoms with van der Waals surface area (Å²) >= 11 is 0. The van der Waals surface area contributed by atoms with Crippen molar-refractivity contribution in [3.63, 3.8) is 0 Å². The van der Waals surface area contributed by atoms with Crippen LogP contribution >= 0.6 is 0 Å². The van der Waals surface area contributed by atoms with Crippen LogP contribution in [0, 0.1) is 5.92 Å². The van der Waals surface area contributed by atoms with E-state index in [2.05, 4.69) is 32.6 Å². The Morgan fingerprint density at radius 1 is 1.25 bits per heavy atom. The van der Waals surface area contributed by atoms with E-state index >= 15 is 0 Å². The molecule has 0 aromatic carbocycles. The van der Waals surface area contributed by atoms with Crippen molar-refractivity contribution in [1.82, 2.24) is 0 Å². The molecule has 0 aromatic heterocycles. The van der Waals surface area contributed by atoms with E-state index in [1.54, 1.807) is 5.57 Å². The zero-order chi connectivity index (χ0) is 13.0. The van der Waals surface area contributed by atoms with Crippen LogP contribution in [0.15, 0.2) is 36.0 Å². The second-order valence-corrected chi connectivity index (χ2v) is 3.44. The fraction of sp³-hybridized carbons (Fsp3) is 0.625. The summed E-state index contributed by atoms with van der Waals surface area (Å²) in [4.78, 5) is 0. The summed E-state index contributed by atoms with van der Waals surface area (Å²) in [5.74, 6) is 0.760. The van der Waals surface area contributed by atoms with E-state index in [0.29, 0.717) is 0 Å². The van der Waals surface area contributed by atoms with Crippen LogP contribution in [0.1, 0.15) is 60.8 Å². The molecule has 0 aliphatic heterocycles. The molecule has 1 atom stereocenters. The highest BCUT2D eigenvalue weighted by molar-refractivity contribution is 5.38. The van der Waals surface area contributed by atoms with Gasteiger partial charge in [0, 0.05) is 0 Å². The smallest absolute Gasteiger partial charge is 0.0188 e. The monoisotopic (exact) mass is 222 g/mol. The fourth-order valence-electron chi connectivity index (χ4n) is 1.86. The first-order chi connectivity index (χ1) is 7.79. The molecule has 0 amide bonds. The molecular formula is C16H30. The molecule has 0 spiro atoms. The third-order valence-corrected chi connectivity index (χ3v) is 2.49. The van der Waals surface area contributed by atoms with Crippen molar-refractivity contribution in [3.8, 4) is 0 Å². The van der Waals surface area contributed by atoms with Crippen LogP contribution < -0.4 is 0 Å². The summed E-state index contributed by atoms with van der Waals surface area (Å²) in [5.41, 5.74) is 3.05. The van der Waals surface area contributed by atoms with Crippen LogP contribution in [-0.2, 0) is 0 Å². The minimum atomic E-state index is 0.760. The maximum absolute atomic E-state index is 3.74. The highest BCUT2D eigenvalue weighted by atomic mass is 14.2. The molecule has 0 heteroatoms. The summed E-state index contributed by atoms with van der Waals surface area (Å²) in [6.45, 7) is 16.2. The van der Waals surface area contributed by atoms with E-state index in [9.17, 15) is 0 Å². The van der Waals surface area contributed by atoms with E-state index in [0.717, 1.165) is 12.3 Å². The highest BCUT2D eigenvalue weighted by Gasteiger charge is 2.19. The average molecular weight is 222 g/mol. The van der Waals surface area contributed by atoms with Crippen LogP contribution in [0.4, 0.5) is 0 Å². The van der Waals surface area contributed by atoms with E-state index < -0.39 is 0 Å². The third-order valence-electron chi connectivity index (χ3n) is 2.49. The fourth-order valence-corrected chi connectivity index (χ4v) is 1.86. The van der Waals surface area contributed by atoms with Gasteiger partial charge < -0.3 is 0 Å². The van der Waals surface area contributed by atoms with Gasteiger partial charge >= 0.3 is 0 Å². The van der Waals surface area contributed by atoms with Gasteiger partial charge in [-0.15, -0.1) is 0 Å². The van der Waals surface area contributed by atoms with Crippen molar-refractivity contribution < 1.29 is 0 Å². The van der Waals surface area contributed by atoms with Crippen LogP contribution in [0.3, 0.4) is 0 Å². The van der Waals surface area contributed by atoms with Gasteiger partial charge in [-0.25, -0.2) is 0 Å². The number of allylic oxidation sites excluding steroid dienone is 5. The first-order valence-electron chi connectivity index (χ1n) is 6.81. The highest BCUT2D eigenvalue weighted by Crippen LogP contribution is 2.35. The molecule has 1 saturated carbocycles. The van der Waals surface area contributed by atoms with Crippen molar-refractivity contribution in [1.29, 1.82) is 0 Å². The first kappa shape index (κ1) is 17.6. The standard InChI is InChI=1S/C12H18.2C2H6/c1-4-6-11-9-8-10(3)12(11)7-5-2;2*1-2/h4,6-7,10H,1,5,8-9H2,2-3H3;2*1-2H3/b11-6-,12-7-;;. The van der Waals surface area contributed by atoms with Crippen LogP contribution in [0.25, 0.3) is 0 Å². The van der Waals surface area contributed by atoms with E-state index in [4.69, 9.17) is 0 Å². The first-order valence-corrected chi connectivity index (χ1v) is 6.81. The van der Waals surface area contributed by atoms with Gasteiger partial charge in [0.1, 0.15) is 0 Å². The zero-order valence-corrected chi connectivity index (χ0v) is 12.1. The SMILES string of the molecule is C=C/C=C1/CCC(C)/C1=C/CC.CC.CC. The summed E-state index contributed by atoms with van der Waals surface area (Å²) in [6, 6.07) is 0.